The Hall–Kier alpha value is -3.57. The minimum absolute atomic E-state index is 0.0383. The monoisotopic (exact) mass is 540 g/mol. The number of fused-ring (bicyclic) bond motifs is 2. The van der Waals surface area contributed by atoms with Gasteiger partial charge in [-0.1, -0.05) is 12.1 Å². The van der Waals surface area contributed by atoms with E-state index in [0.717, 1.165) is 48.3 Å². The molecule has 0 unspecified atom stereocenters. The fourth-order valence-electron chi connectivity index (χ4n) is 4.44. The van der Waals surface area contributed by atoms with Crippen molar-refractivity contribution in [3.63, 3.8) is 0 Å². The number of hydrogen-bond donors (Lipinski definition) is 2. The van der Waals surface area contributed by atoms with E-state index in [1.807, 2.05) is 0 Å². The molecule has 11 heteroatoms. The van der Waals surface area contributed by atoms with E-state index in [0.29, 0.717) is 21.6 Å². The van der Waals surface area contributed by atoms with Gasteiger partial charge in [-0.15, -0.1) is 11.3 Å². The SMILES string of the molecule is CCOC(=O)c1c(Nc2nc3ccccc3nc2NS(=O)(=O)c2ccc(F)cc2C)sc2c1CCCC2. The number of nitrogens with zero attached hydrogens (tertiary/aromatic N) is 2. The maximum Gasteiger partial charge on any atom is 0.341 e. The van der Waals surface area contributed by atoms with Crippen molar-refractivity contribution in [3.05, 3.63) is 69.8 Å². The molecule has 0 amide bonds. The third-order valence-electron chi connectivity index (χ3n) is 6.11. The number of ether oxygens (including phenoxy) is 1. The second-order valence-corrected chi connectivity index (χ2v) is 11.4. The van der Waals surface area contributed by atoms with Crippen molar-refractivity contribution in [2.24, 2.45) is 0 Å². The number of rotatable bonds is 7. The smallest absolute Gasteiger partial charge is 0.341 e. The van der Waals surface area contributed by atoms with E-state index in [-0.39, 0.29) is 28.7 Å². The average Bonchev–Trinajstić information content (AvgIpc) is 3.22. The number of nitrogens with one attached hydrogen (secondary N) is 2. The highest BCUT2D eigenvalue weighted by Gasteiger charge is 2.28. The summed E-state index contributed by atoms with van der Waals surface area (Å²) in [5.41, 5.74) is 2.71. The van der Waals surface area contributed by atoms with Gasteiger partial charge in [0.15, 0.2) is 11.6 Å². The number of benzene rings is 2. The predicted molar refractivity (Wildman–Crippen MR) is 142 cm³/mol. The van der Waals surface area contributed by atoms with Crippen LogP contribution in [0.3, 0.4) is 0 Å². The van der Waals surface area contributed by atoms with E-state index >= 15 is 0 Å². The quantitative estimate of drug-likeness (QED) is 0.288. The van der Waals surface area contributed by atoms with Gasteiger partial charge in [-0.25, -0.2) is 27.6 Å². The largest absolute Gasteiger partial charge is 0.462 e. The fourth-order valence-corrected chi connectivity index (χ4v) is 6.95. The third kappa shape index (κ3) is 5.01. The van der Waals surface area contributed by atoms with Crippen molar-refractivity contribution >= 4 is 55.0 Å². The van der Waals surface area contributed by atoms with Crippen LogP contribution in [0.4, 0.5) is 21.0 Å². The number of aromatic nitrogens is 2. The summed E-state index contributed by atoms with van der Waals surface area (Å²) in [6, 6.07) is 10.5. The van der Waals surface area contributed by atoms with E-state index in [4.69, 9.17) is 4.74 Å². The number of anilines is 3. The summed E-state index contributed by atoms with van der Waals surface area (Å²) in [6.45, 7) is 3.51. The maximum atomic E-state index is 13.6. The highest BCUT2D eigenvalue weighted by molar-refractivity contribution is 7.92. The van der Waals surface area contributed by atoms with Crippen molar-refractivity contribution in [2.45, 2.75) is 44.4 Å². The molecular weight excluding hydrogens is 515 g/mol. The second-order valence-electron chi connectivity index (χ2n) is 8.69. The molecule has 8 nitrogen and oxygen atoms in total. The first-order valence-electron chi connectivity index (χ1n) is 11.9. The van der Waals surface area contributed by atoms with Crippen LogP contribution in [-0.2, 0) is 27.6 Å². The number of aryl methyl sites for hydroxylation is 2. The molecule has 2 aromatic carbocycles. The molecule has 1 aliphatic rings. The summed E-state index contributed by atoms with van der Waals surface area (Å²) < 4.78 is 48.1. The van der Waals surface area contributed by atoms with Crippen LogP contribution in [0.25, 0.3) is 11.0 Å². The van der Waals surface area contributed by atoms with Crippen LogP contribution >= 0.6 is 11.3 Å². The molecule has 4 aromatic rings. The van der Waals surface area contributed by atoms with E-state index in [2.05, 4.69) is 20.0 Å². The number of hydrogen-bond acceptors (Lipinski definition) is 8. The normalized spacial score (nSPS) is 13.3. The van der Waals surface area contributed by atoms with E-state index in [1.165, 1.54) is 24.3 Å². The first kappa shape index (κ1) is 25.1. The first-order valence-corrected chi connectivity index (χ1v) is 14.2. The molecule has 0 saturated carbocycles. The van der Waals surface area contributed by atoms with Crippen LogP contribution in [0, 0.1) is 12.7 Å². The fraction of sp³-hybridized carbons (Fsp3) is 0.269. The summed E-state index contributed by atoms with van der Waals surface area (Å²) in [6.07, 6.45) is 3.65. The molecule has 0 aliphatic heterocycles. The molecule has 192 valence electrons. The van der Waals surface area contributed by atoms with Gasteiger partial charge >= 0.3 is 5.97 Å². The number of carbonyl (C=O) groups is 1. The Morgan fingerprint density at radius 2 is 1.78 bits per heavy atom. The molecular formula is C26H25FN4O4S2. The predicted octanol–water partition coefficient (Wildman–Crippen LogP) is 5.74. The van der Waals surface area contributed by atoms with Gasteiger partial charge in [-0.2, -0.15) is 0 Å². The molecule has 0 bridgehead atoms. The highest BCUT2D eigenvalue weighted by atomic mass is 32.2. The minimum Gasteiger partial charge on any atom is -0.462 e. The summed E-state index contributed by atoms with van der Waals surface area (Å²) in [5, 5.41) is 3.72. The Balaban J connectivity index is 1.61. The first-order chi connectivity index (χ1) is 17.8. The van der Waals surface area contributed by atoms with Gasteiger partial charge in [0.1, 0.15) is 10.8 Å². The Morgan fingerprint density at radius 3 is 2.49 bits per heavy atom. The Morgan fingerprint density at radius 1 is 1.08 bits per heavy atom. The molecule has 2 heterocycles. The van der Waals surface area contributed by atoms with Crippen molar-refractivity contribution in [3.8, 4) is 0 Å². The van der Waals surface area contributed by atoms with Crippen LogP contribution in [0.5, 0.6) is 0 Å². The Bertz CT molecular complexity index is 1620. The molecule has 37 heavy (non-hydrogen) atoms. The minimum atomic E-state index is -4.13. The molecule has 1 aliphatic carbocycles. The zero-order valence-corrected chi connectivity index (χ0v) is 21.9. The molecule has 0 radical (unpaired) electrons. The molecule has 0 spiro atoms. The Kier molecular flexibility index (Phi) is 6.82. The highest BCUT2D eigenvalue weighted by Crippen LogP contribution is 2.41. The zero-order valence-electron chi connectivity index (χ0n) is 20.3. The van der Waals surface area contributed by atoms with E-state index < -0.39 is 21.8 Å². The van der Waals surface area contributed by atoms with Gasteiger partial charge in [-0.05, 0) is 81.0 Å². The van der Waals surface area contributed by atoms with Gasteiger partial charge in [0, 0.05) is 4.88 Å². The number of sulfonamides is 1. The summed E-state index contributed by atoms with van der Waals surface area (Å²) in [7, 11) is -4.13. The maximum absolute atomic E-state index is 13.6. The van der Waals surface area contributed by atoms with Gasteiger partial charge in [0.05, 0.1) is 28.1 Å². The molecule has 0 saturated heterocycles. The van der Waals surface area contributed by atoms with Crippen molar-refractivity contribution in [1.82, 2.24) is 9.97 Å². The topological polar surface area (TPSA) is 110 Å². The van der Waals surface area contributed by atoms with Crippen LogP contribution in [0.15, 0.2) is 47.4 Å². The molecule has 0 fully saturated rings. The van der Waals surface area contributed by atoms with Crippen molar-refractivity contribution in [1.29, 1.82) is 0 Å². The lowest BCUT2D eigenvalue weighted by molar-refractivity contribution is 0.0526. The lowest BCUT2D eigenvalue weighted by atomic mass is 9.95. The zero-order chi connectivity index (χ0) is 26.2. The number of para-hydroxylation sites is 2. The van der Waals surface area contributed by atoms with Crippen molar-refractivity contribution < 1.29 is 22.3 Å². The second kappa shape index (κ2) is 10.1. The third-order valence-corrected chi connectivity index (χ3v) is 8.82. The summed E-state index contributed by atoms with van der Waals surface area (Å²) in [5.74, 6) is -0.852. The van der Waals surface area contributed by atoms with Crippen molar-refractivity contribution in [2.75, 3.05) is 16.6 Å². The van der Waals surface area contributed by atoms with Gasteiger partial charge in [0.2, 0.25) is 0 Å². The van der Waals surface area contributed by atoms with E-state index in [9.17, 15) is 17.6 Å². The van der Waals surface area contributed by atoms with E-state index in [1.54, 1.807) is 31.2 Å². The van der Waals surface area contributed by atoms with Crippen LogP contribution in [-0.4, -0.2) is 31.0 Å². The average molecular weight is 541 g/mol. The lowest BCUT2D eigenvalue weighted by Crippen LogP contribution is -2.17. The molecule has 0 atom stereocenters. The summed E-state index contributed by atoms with van der Waals surface area (Å²) >= 11 is 1.44. The lowest BCUT2D eigenvalue weighted by Gasteiger charge is -2.15. The molecule has 2 N–H and O–H groups in total. The molecule has 5 rings (SSSR count). The van der Waals surface area contributed by atoms with Gasteiger partial charge in [0.25, 0.3) is 10.0 Å². The van der Waals surface area contributed by atoms with Gasteiger partial charge in [-0.3, -0.25) is 4.72 Å². The van der Waals surface area contributed by atoms with Gasteiger partial charge < -0.3 is 10.1 Å². The van der Waals surface area contributed by atoms with Crippen LogP contribution in [0.1, 0.15) is 46.1 Å². The standard InChI is InChI=1S/C26H25FN4O4S2/c1-3-35-26(32)22-17-8-4-7-11-20(17)36-25(22)30-23-24(29-19-10-6-5-9-18(19)28-23)31-37(33,34)21-13-12-16(27)14-15(21)2/h5-6,9-10,12-14H,3-4,7-8,11H2,1-2H3,(H,28,30)(H,29,31). The van der Waals surface area contributed by atoms with Crippen LogP contribution < -0.4 is 10.0 Å². The number of carbonyl (C=O) groups excluding carboxylic acids is 1. The number of thiophene rings is 1. The molecule has 2 aromatic heterocycles. The number of halogens is 1. The number of esters is 1. The Labute approximate surface area is 218 Å². The summed E-state index contributed by atoms with van der Waals surface area (Å²) in [4.78, 5) is 23.1. The van der Waals surface area contributed by atoms with Crippen LogP contribution in [0.2, 0.25) is 0 Å².